The van der Waals surface area contributed by atoms with Crippen molar-refractivity contribution in [3.63, 3.8) is 0 Å². The number of hydrogen-bond acceptors (Lipinski definition) is 8. The number of pyridine rings is 1. The fourth-order valence-corrected chi connectivity index (χ4v) is 3.60. The Kier molecular flexibility index (Phi) is 6.86. The molecule has 0 spiro atoms. The minimum atomic E-state index is -0.483. The van der Waals surface area contributed by atoms with Gasteiger partial charge in [0.15, 0.2) is 0 Å². The summed E-state index contributed by atoms with van der Waals surface area (Å²) in [4.78, 5) is 33.5. The van der Waals surface area contributed by atoms with Crippen LogP contribution in [-0.2, 0) is 0 Å². The van der Waals surface area contributed by atoms with Gasteiger partial charge in [-0.1, -0.05) is 13.0 Å². The number of halogens is 1. The number of benzene rings is 1. The van der Waals surface area contributed by atoms with Gasteiger partial charge < -0.3 is 15.4 Å². The number of nitrogens with zero attached hydrogens (tertiary/aromatic N) is 5. The normalized spacial score (nSPS) is 11.8. The molecule has 4 rings (SSSR count). The average Bonchev–Trinajstić information content (AvgIpc) is 2.87. The number of hydrogen-bond donors (Lipinski definition) is 2. The van der Waals surface area contributed by atoms with Gasteiger partial charge in [-0.05, 0) is 24.6 Å². The molecule has 0 aliphatic rings. The molecule has 2 N–H and O–H groups in total. The third kappa shape index (κ3) is 4.75. The van der Waals surface area contributed by atoms with Gasteiger partial charge in [0.25, 0.3) is 5.91 Å². The Hall–Kier alpha value is -4.21. The van der Waals surface area contributed by atoms with E-state index in [1.807, 2.05) is 13.8 Å². The van der Waals surface area contributed by atoms with Crippen LogP contribution in [0.5, 0.6) is 6.01 Å². The summed E-state index contributed by atoms with van der Waals surface area (Å²) in [7, 11) is 1.51. The van der Waals surface area contributed by atoms with E-state index in [0.29, 0.717) is 36.2 Å². The number of amides is 1. The maximum absolute atomic E-state index is 14.6. The molecule has 0 saturated heterocycles. The van der Waals surface area contributed by atoms with Crippen molar-refractivity contribution in [2.45, 2.75) is 19.8 Å². The molecule has 10 heteroatoms. The van der Waals surface area contributed by atoms with Crippen LogP contribution in [0.25, 0.3) is 22.2 Å². The molecule has 34 heavy (non-hydrogen) atoms. The zero-order chi connectivity index (χ0) is 24.1. The van der Waals surface area contributed by atoms with E-state index in [2.05, 4.69) is 35.6 Å². The van der Waals surface area contributed by atoms with Crippen molar-refractivity contribution in [3.05, 3.63) is 66.1 Å². The van der Waals surface area contributed by atoms with Crippen LogP contribution in [0.4, 0.5) is 10.2 Å². The van der Waals surface area contributed by atoms with Crippen LogP contribution in [0.15, 0.2) is 49.2 Å². The number of fused-ring (bicyclic) bond motifs is 1. The second kappa shape index (κ2) is 10.2. The van der Waals surface area contributed by atoms with Crippen molar-refractivity contribution in [3.8, 4) is 17.3 Å². The van der Waals surface area contributed by atoms with Gasteiger partial charge in [0, 0.05) is 55.1 Å². The van der Waals surface area contributed by atoms with Gasteiger partial charge in [-0.15, -0.1) is 0 Å². The van der Waals surface area contributed by atoms with E-state index >= 15 is 0 Å². The molecule has 1 aromatic carbocycles. The van der Waals surface area contributed by atoms with E-state index in [4.69, 9.17) is 4.74 Å². The van der Waals surface area contributed by atoms with Crippen molar-refractivity contribution in [2.24, 2.45) is 0 Å². The fraction of sp³-hybridized carbons (Fsp3) is 0.250. The summed E-state index contributed by atoms with van der Waals surface area (Å²) in [6.07, 6.45) is 6.27. The van der Waals surface area contributed by atoms with Crippen molar-refractivity contribution < 1.29 is 13.9 Å². The minimum Gasteiger partial charge on any atom is -0.464 e. The average molecular weight is 462 g/mol. The lowest BCUT2D eigenvalue weighted by Gasteiger charge is -2.17. The first-order valence-corrected chi connectivity index (χ1v) is 10.8. The van der Waals surface area contributed by atoms with Gasteiger partial charge in [-0.3, -0.25) is 9.78 Å². The molecule has 3 aromatic heterocycles. The van der Waals surface area contributed by atoms with Crippen LogP contribution in [0.3, 0.4) is 0 Å². The number of anilines is 1. The van der Waals surface area contributed by atoms with Crippen molar-refractivity contribution >= 4 is 22.6 Å². The van der Waals surface area contributed by atoms with Crippen molar-refractivity contribution in [1.82, 2.24) is 30.2 Å². The molecule has 174 valence electrons. The van der Waals surface area contributed by atoms with E-state index in [1.165, 1.54) is 31.7 Å². The molecule has 0 aliphatic carbocycles. The zero-order valence-electron chi connectivity index (χ0n) is 19.0. The van der Waals surface area contributed by atoms with Gasteiger partial charge in [-0.2, -0.15) is 0 Å². The summed E-state index contributed by atoms with van der Waals surface area (Å²) in [6.45, 7) is 4.86. The molecular weight excluding hydrogens is 437 g/mol. The van der Waals surface area contributed by atoms with Crippen molar-refractivity contribution in [1.29, 1.82) is 0 Å². The van der Waals surface area contributed by atoms with Gasteiger partial charge >= 0.3 is 6.01 Å². The molecule has 0 fully saturated rings. The second-order valence-electron chi connectivity index (χ2n) is 7.56. The summed E-state index contributed by atoms with van der Waals surface area (Å²) >= 11 is 0. The van der Waals surface area contributed by atoms with Crippen LogP contribution >= 0.6 is 0 Å². The molecule has 1 amide bonds. The number of nitrogens with one attached hydrogen (secondary N) is 2. The molecule has 0 aliphatic heterocycles. The largest absolute Gasteiger partial charge is 0.464 e. The van der Waals surface area contributed by atoms with E-state index in [1.54, 1.807) is 24.5 Å². The number of rotatable bonds is 8. The van der Waals surface area contributed by atoms with E-state index in [0.717, 1.165) is 11.1 Å². The molecule has 4 aromatic rings. The first kappa shape index (κ1) is 23.0. The minimum absolute atomic E-state index is 0.0530. The molecule has 0 unspecified atom stereocenters. The lowest BCUT2D eigenvalue weighted by atomic mass is 9.95. The SMILES string of the molecule is CCOc1ncc(-c2cc(NC[C@@H](C)c3ccc(F)c4c(C(=O)NC)ccnc34)ncn2)cn1. The Balaban J connectivity index is 1.54. The standard InChI is InChI=1S/C24H24FN7O2/c1-4-34-24-29-11-15(12-30-24)19-9-20(32-13-31-19)28-10-14(2)16-5-6-18(25)21-17(23(33)26-3)7-8-27-22(16)21/h5-9,11-14H,4,10H2,1-3H3,(H,26,33)(H,28,31,32)/t14-/m1/s1. The Bertz CT molecular complexity index is 1310. The molecule has 0 radical (unpaired) electrons. The van der Waals surface area contributed by atoms with Crippen LogP contribution < -0.4 is 15.4 Å². The van der Waals surface area contributed by atoms with Crippen LogP contribution in [0.1, 0.15) is 35.7 Å². The lowest BCUT2D eigenvalue weighted by molar-refractivity contribution is 0.0964. The third-order valence-corrected chi connectivity index (χ3v) is 5.33. The topological polar surface area (TPSA) is 115 Å². The third-order valence-electron chi connectivity index (χ3n) is 5.33. The summed E-state index contributed by atoms with van der Waals surface area (Å²) in [5, 5.41) is 6.06. The smallest absolute Gasteiger partial charge is 0.316 e. The summed E-state index contributed by atoms with van der Waals surface area (Å²) in [5.74, 6) is -0.274. The zero-order valence-corrected chi connectivity index (χ0v) is 19.0. The van der Waals surface area contributed by atoms with Gasteiger partial charge in [0.2, 0.25) is 0 Å². The Labute approximate surface area is 195 Å². The highest BCUT2D eigenvalue weighted by Crippen LogP contribution is 2.29. The molecule has 3 heterocycles. The summed E-state index contributed by atoms with van der Waals surface area (Å²) in [5.41, 5.74) is 2.94. The van der Waals surface area contributed by atoms with Gasteiger partial charge in [0.05, 0.1) is 23.4 Å². The van der Waals surface area contributed by atoms with Gasteiger partial charge in [-0.25, -0.2) is 24.3 Å². The Morgan fingerprint density at radius 3 is 2.65 bits per heavy atom. The quantitative estimate of drug-likeness (QED) is 0.409. The predicted octanol–water partition coefficient (Wildman–Crippen LogP) is 3.59. The van der Waals surface area contributed by atoms with E-state index in [-0.39, 0.29) is 22.8 Å². The highest BCUT2D eigenvalue weighted by atomic mass is 19.1. The first-order chi connectivity index (χ1) is 16.5. The fourth-order valence-electron chi connectivity index (χ4n) is 3.60. The molecule has 0 bridgehead atoms. The highest BCUT2D eigenvalue weighted by molar-refractivity contribution is 6.06. The first-order valence-electron chi connectivity index (χ1n) is 10.8. The highest BCUT2D eigenvalue weighted by Gasteiger charge is 2.18. The second-order valence-corrected chi connectivity index (χ2v) is 7.56. The predicted molar refractivity (Wildman–Crippen MR) is 126 cm³/mol. The number of ether oxygens (including phenoxy) is 1. The Morgan fingerprint density at radius 1 is 1.12 bits per heavy atom. The summed E-state index contributed by atoms with van der Waals surface area (Å²) < 4.78 is 19.9. The number of carbonyl (C=O) groups is 1. The maximum Gasteiger partial charge on any atom is 0.316 e. The molecular formula is C24H24FN7O2. The lowest BCUT2D eigenvalue weighted by Crippen LogP contribution is -2.19. The van der Waals surface area contributed by atoms with Gasteiger partial charge in [0.1, 0.15) is 18.0 Å². The monoisotopic (exact) mass is 461 g/mol. The number of aromatic nitrogens is 5. The van der Waals surface area contributed by atoms with Crippen LogP contribution in [-0.4, -0.2) is 51.0 Å². The maximum atomic E-state index is 14.6. The van der Waals surface area contributed by atoms with Crippen LogP contribution in [0, 0.1) is 5.82 Å². The molecule has 1 atom stereocenters. The molecule has 9 nitrogen and oxygen atoms in total. The Morgan fingerprint density at radius 2 is 1.91 bits per heavy atom. The summed E-state index contributed by atoms with van der Waals surface area (Å²) in [6, 6.07) is 6.71. The number of carbonyl (C=O) groups excluding carboxylic acids is 1. The van der Waals surface area contributed by atoms with Crippen LogP contribution in [0.2, 0.25) is 0 Å². The van der Waals surface area contributed by atoms with Crippen molar-refractivity contribution in [2.75, 3.05) is 25.5 Å². The van der Waals surface area contributed by atoms with E-state index in [9.17, 15) is 9.18 Å². The van der Waals surface area contributed by atoms with E-state index < -0.39 is 5.82 Å². The molecule has 0 saturated carbocycles.